The number of alkyl halides is 3. The molecule has 2 rings (SSSR count). The summed E-state index contributed by atoms with van der Waals surface area (Å²) in [5, 5.41) is 2.65. The molecule has 0 saturated carbocycles. The standard InChI is InChI=1S/C15H20F3N3O3S/c1-12(22)19-6-7-20-8-10-21(11-9-20)25(23,24)14-5-3-2-4-13(14)15(16,17)18/h2-5H,6-11H2,1H3,(H,19,22). The van der Waals surface area contributed by atoms with Gasteiger partial charge in [-0.05, 0) is 12.1 Å². The van der Waals surface area contributed by atoms with E-state index in [4.69, 9.17) is 0 Å². The van der Waals surface area contributed by atoms with Gasteiger partial charge in [-0.15, -0.1) is 0 Å². The zero-order chi connectivity index (χ0) is 18.7. The van der Waals surface area contributed by atoms with E-state index in [0.717, 1.165) is 16.4 Å². The van der Waals surface area contributed by atoms with Crippen LogP contribution in [0.15, 0.2) is 29.2 Å². The molecule has 1 heterocycles. The fourth-order valence-corrected chi connectivity index (χ4v) is 4.28. The molecule has 10 heteroatoms. The highest BCUT2D eigenvalue weighted by molar-refractivity contribution is 7.89. The summed E-state index contributed by atoms with van der Waals surface area (Å²) in [5.41, 5.74) is -1.15. The second-order valence-electron chi connectivity index (χ2n) is 5.72. The third-order valence-corrected chi connectivity index (χ3v) is 5.90. The topological polar surface area (TPSA) is 69.7 Å². The van der Waals surface area contributed by atoms with E-state index in [-0.39, 0.29) is 19.0 Å². The van der Waals surface area contributed by atoms with E-state index in [0.29, 0.717) is 26.2 Å². The van der Waals surface area contributed by atoms with Gasteiger partial charge in [-0.3, -0.25) is 9.69 Å². The van der Waals surface area contributed by atoms with Gasteiger partial charge in [-0.25, -0.2) is 8.42 Å². The molecule has 1 aliphatic rings. The Bertz CT molecular complexity index is 714. The molecule has 6 nitrogen and oxygen atoms in total. The first-order valence-corrected chi connectivity index (χ1v) is 9.19. The van der Waals surface area contributed by atoms with Crippen LogP contribution in [0.5, 0.6) is 0 Å². The van der Waals surface area contributed by atoms with Crippen LogP contribution < -0.4 is 5.32 Å². The molecule has 1 N–H and O–H groups in total. The number of piperazine rings is 1. The Morgan fingerprint density at radius 3 is 2.32 bits per heavy atom. The number of rotatable bonds is 5. The van der Waals surface area contributed by atoms with Gasteiger partial charge in [-0.2, -0.15) is 17.5 Å². The largest absolute Gasteiger partial charge is 0.417 e. The normalized spacial score (nSPS) is 17.4. The predicted molar refractivity (Wildman–Crippen MR) is 85.3 cm³/mol. The Kier molecular flexibility index (Phi) is 6.07. The van der Waals surface area contributed by atoms with Crippen molar-refractivity contribution in [1.82, 2.24) is 14.5 Å². The van der Waals surface area contributed by atoms with Crippen LogP contribution in [0.1, 0.15) is 12.5 Å². The van der Waals surface area contributed by atoms with Gasteiger partial charge >= 0.3 is 6.18 Å². The Morgan fingerprint density at radius 1 is 1.16 bits per heavy atom. The van der Waals surface area contributed by atoms with Gasteiger partial charge in [-0.1, -0.05) is 12.1 Å². The lowest BCUT2D eigenvalue weighted by atomic mass is 10.2. The van der Waals surface area contributed by atoms with Gasteiger partial charge in [0.15, 0.2) is 0 Å². The second-order valence-corrected chi connectivity index (χ2v) is 7.63. The fraction of sp³-hybridized carbons (Fsp3) is 0.533. The van der Waals surface area contributed by atoms with Crippen LogP contribution in [0.2, 0.25) is 0 Å². The van der Waals surface area contributed by atoms with Crippen molar-refractivity contribution in [2.45, 2.75) is 18.0 Å². The molecule has 0 radical (unpaired) electrons. The Labute approximate surface area is 144 Å². The number of nitrogens with one attached hydrogen (secondary N) is 1. The lowest BCUT2D eigenvalue weighted by molar-refractivity contribution is -0.140. The molecule has 25 heavy (non-hydrogen) atoms. The smallest absolute Gasteiger partial charge is 0.355 e. The summed E-state index contributed by atoms with van der Waals surface area (Å²) >= 11 is 0. The van der Waals surface area contributed by atoms with Crippen molar-refractivity contribution >= 4 is 15.9 Å². The number of nitrogens with zero attached hydrogens (tertiary/aromatic N) is 2. The van der Waals surface area contributed by atoms with Crippen LogP contribution in [-0.2, 0) is 21.0 Å². The maximum Gasteiger partial charge on any atom is 0.417 e. The summed E-state index contributed by atoms with van der Waals surface area (Å²) in [5.74, 6) is -0.148. The van der Waals surface area contributed by atoms with E-state index < -0.39 is 26.7 Å². The van der Waals surface area contributed by atoms with E-state index in [1.165, 1.54) is 19.1 Å². The molecule has 0 unspecified atom stereocenters. The summed E-state index contributed by atoms with van der Waals surface area (Å²) in [6.45, 7) is 3.41. The number of carbonyl (C=O) groups is 1. The average molecular weight is 379 g/mol. The molecule has 1 aromatic rings. The van der Waals surface area contributed by atoms with Gasteiger partial charge in [0, 0.05) is 46.2 Å². The zero-order valence-electron chi connectivity index (χ0n) is 13.7. The number of hydrogen-bond donors (Lipinski definition) is 1. The minimum Gasteiger partial charge on any atom is -0.355 e. The molecule has 0 atom stereocenters. The Morgan fingerprint density at radius 2 is 1.76 bits per heavy atom. The number of sulfonamides is 1. The molecule has 0 bridgehead atoms. The molecule has 0 spiro atoms. The molecule has 0 aromatic heterocycles. The first-order chi connectivity index (χ1) is 11.6. The quantitative estimate of drug-likeness (QED) is 0.833. The highest BCUT2D eigenvalue weighted by Gasteiger charge is 2.39. The van der Waals surface area contributed by atoms with Gasteiger partial charge in [0.2, 0.25) is 15.9 Å². The summed E-state index contributed by atoms with van der Waals surface area (Å²) in [4.78, 5) is 12.1. The first-order valence-electron chi connectivity index (χ1n) is 7.75. The van der Waals surface area contributed by atoms with Crippen molar-refractivity contribution in [3.05, 3.63) is 29.8 Å². The summed E-state index contributed by atoms with van der Waals surface area (Å²) in [7, 11) is -4.22. The predicted octanol–water partition coefficient (Wildman–Crippen LogP) is 1.15. The zero-order valence-corrected chi connectivity index (χ0v) is 14.5. The summed E-state index contributed by atoms with van der Waals surface area (Å²) in [6, 6.07) is 4.21. The van der Waals surface area contributed by atoms with Gasteiger partial charge in [0.25, 0.3) is 0 Å². The fourth-order valence-electron chi connectivity index (χ4n) is 2.65. The molecule has 1 amide bonds. The molecule has 0 aliphatic carbocycles. The molecule has 140 valence electrons. The van der Waals surface area contributed by atoms with E-state index in [1.807, 2.05) is 4.90 Å². The monoisotopic (exact) mass is 379 g/mol. The van der Waals surface area contributed by atoms with E-state index in [1.54, 1.807) is 0 Å². The van der Waals surface area contributed by atoms with Crippen molar-refractivity contribution in [2.24, 2.45) is 0 Å². The molecule has 1 aliphatic heterocycles. The SMILES string of the molecule is CC(=O)NCCN1CCN(S(=O)(=O)c2ccccc2C(F)(F)F)CC1. The van der Waals surface area contributed by atoms with Crippen LogP contribution in [0, 0.1) is 0 Å². The summed E-state index contributed by atoms with van der Waals surface area (Å²) < 4.78 is 65.6. The van der Waals surface area contributed by atoms with Crippen LogP contribution in [0.3, 0.4) is 0 Å². The molecular formula is C15H20F3N3O3S. The van der Waals surface area contributed by atoms with Gasteiger partial charge in [0.05, 0.1) is 10.5 Å². The second kappa shape index (κ2) is 7.71. The Hall–Kier alpha value is -1.65. The Balaban J connectivity index is 2.07. The lowest BCUT2D eigenvalue weighted by Gasteiger charge is -2.34. The van der Waals surface area contributed by atoms with Crippen LogP contribution in [-0.4, -0.2) is 62.8 Å². The minimum absolute atomic E-state index is 0.106. The maximum absolute atomic E-state index is 13.1. The average Bonchev–Trinajstić information content (AvgIpc) is 2.54. The van der Waals surface area contributed by atoms with Gasteiger partial charge < -0.3 is 5.32 Å². The number of carbonyl (C=O) groups excluding carboxylic acids is 1. The third kappa shape index (κ3) is 4.93. The van der Waals surface area contributed by atoms with Crippen molar-refractivity contribution < 1.29 is 26.4 Å². The van der Waals surface area contributed by atoms with Crippen molar-refractivity contribution in [1.29, 1.82) is 0 Å². The first kappa shape index (κ1) is 19.7. The van der Waals surface area contributed by atoms with E-state index in [9.17, 15) is 26.4 Å². The maximum atomic E-state index is 13.1. The van der Waals surface area contributed by atoms with E-state index in [2.05, 4.69) is 5.32 Å². The summed E-state index contributed by atoms with van der Waals surface area (Å²) in [6.07, 6.45) is -4.73. The molecular weight excluding hydrogens is 359 g/mol. The van der Waals surface area contributed by atoms with E-state index >= 15 is 0 Å². The van der Waals surface area contributed by atoms with Crippen molar-refractivity contribution in [3.8, 4) is 0 Å². The number of amides is 1. The number of halogens is 3. The third-order valence-electron chi connectivity index (χ3n) is 3.94. The van der Waals surface area contributed by atoms with Crippen LogP contribution in [0.4, 0.5) is 13.2 Å². The highest BCUT2D eigenvalue weighted by Crippen LogP contribution is 2.35. The molecule has 1 fully saturated rings. The van der Waals surface area contributed by atoms with Crippen LogP contribution in [0.25, 0.3) is 0 Å². The van der Waals surface area contributed by atoms with Crippen molar-refractivity contribution in [3.63, 3.8) is 0 Å². The van der Waals surface area contributed by atoms with Gasteiger partial charge in [0.1, 0.15) is 0 Å². The number of benzene rings is 1. The minimum atomic E-state index is -4.73. The number of hydrogen-bond acceptors (Lipinski definition) is 4. The molecule has 1 aromatic carbocycles. The molecule has 1 saturated heterocycles. The van der Waals surface area contributed by atoms with Crippen molar-refractivity contribution in [2.75, 3.05) is 39.3 Å². The highest BCUT2D eigenvalue weighted by atomic mass is 32.2. The van der Waals surface area contributed by atoms with Crippen LogP contribution >= 0.6 is 0 Å². The lowest BCUT2D eigenvalue weighted by Crippen LogP contribution is -2.50.